The molecular weight excluding hydrogens is 288 g/mol. The van der Waals surface area contributed by atoms with E-state index in [9.17, 15) is 4.79 Å². The Hall–Kier alpha value is -1.90. The van der Waals surface area contributed by atoms with Gasteiger partial charge in [-0.3, -0.25) is 9.69 Å². The lowest BCUT2D eigenvalue weighted by atomic mass is 10.1. The summed E-state index contributed by atoms with van der Waals surface area (Å²) in [5.41, 5.74) is 1.38. The van der Waals surface area contributed by atoms with Gasteiger partial charge in [0.2, 0.25) is 5.91 Å². The molecule has 1 aromatic carbocycles. The lowest BCUT2D eigenvalue weighted by Crippen LogP contribution is -2.50. The van der Waals surface area contributed by atoms with Crippen LogP contribution in [0.2, 0.25) is 0 Å². The first-order valence-corrected chi connectivity index (χ1v) is 8.28. The van der Waals surface area contributed by atoms with Crippen LogP contribution in [0.5, 0.6) is 0 Å². The summed E-state index contributed by atoms with van der Waals surface area (Å²) in [5.74, 6) is 0.109. The minimum absolute atomic E-state index is 0.109. The number of nitriles is 1. The molecule has 0 bridgehead atoms. The van der Waals surface area contributed by atoms with Gasteiger partial charge in [-0.1, -0.05) is 30.3 Å². The van der Waals surface area contributed by atoms with Crippen molar-refractivity contribution in [3.05, 3.63) is 35.9 Å². The van der Waals surface area contributed by atoms with Crippen LogP contribution in [0, 0.1) is 11.3 Å². The summed E-state index contributed by atoms with van der Waals surface area (Å²) >= 11 is 0. The molecule has 0 radical (unpaired) electrons. The highest BCUT2D eigenvalue weighted by Gasteiger charge is 2.20. The largest absolute Gasteiger partial charge is 0.344 e. The number of carbonyl (C=O) groups excluding carboxylic acids is 1. The van der Waals surface area contributed by atoms with Gasteiger partial charge in [-0.2, -0.15) is 5.26 Å². The normalized spacial score (nSPS) is 16.0. The molecule has 0 spiro atoms. The molecule has 0 atom stereocenters. The Labute approximate surface area is 139 Å². The molecule has 1 aliphatic rings. The zero-order chi connectivity index (χ0) is 16.5. The fourth-order valence-corrected chi connectivity index (χ4v) is 2.76. The number of hydrogen-bond acceptors (Lipinski definition) is 4. The van der Waals surface area contributed by atoms with Gasteiger partial charge in [-0.15, -0.1) is 0 Å². The second-order valence-corrected chi connectivity index (χ2v) is 6.08. The van der Waals surface area contributed by atoms with Crippen LogP contribution in [-0.4, -0.2) is 73.5 Å². The third-order valence-corrected chi connectivity index (χ3v) is 4.37. The van der Waals surface area contributed by atoms with E-state index in [-0.39, 0.29) is 5.91 Å². The van der Waals surface area contributed by atoms with Crippen LogP contribution in [0.25, 0.3) is 0 Å². The van der Waals surface area contributed by atoms with Crippen molar-refractivity contribution in [1.82, 2.24) is 14.7 Å². The summed E-state index contributed by atoms with van der Waals surface area (Å²) in [6, 6.07) is 12.6. The highest BCUT2D eigenvalue weighted by Crippen LogP contribution is 2.06. The molecule has 1 aromatic rings. The Morgan fingerprint density at radius 1 is 1.17 bits per heavy atom. The Kier molecular flexibility index (Phi) is 7.05. The van der Waals surface area contributed by atoms with Gasteiger partial charge in [0.1, 0.15) is 0 Å². The summed E-state index contributed by atoms with van der Waals surface area (Å²) in [6.07, 6.45) is 1.48. The van der Waals surface area contributed by atoms with E-state index in [4.69, 9.17) is 5.26 Å². The maximum Gasteiger partial charge on any atom is 0.236 e. The van der Waals surface area contributed by atoms with Gasteiger partial charge in [0, 0.05) is 46.3 Å². The van der Waals surface area contributed by atoms with Crippen LogP contribution in [-0.2, 0) is 11.2 Å². The summed E-state index contributed by atoms with van der Waals surface area (Å²) < 4.78 is 0. The molecule has 1 aliphatic heterocycles. The van der Waals surface area contributed by atoms with Crippen molar-refractivity contribution in [1.29, 1.82) is 5.26 Å². The number of benzene rings is 1. The quantitative estimate of drug-likeness (QED) is 0.759. The van der Waals surface area contributed by atoms with Crippen LogP contribution in [0.1, 0.15) is 12.0 Å². The average molecular weight is 314 g/mol. The second kappa shape index (κ2) is 9.29. The van der Waals surface area contributed by atoms with Crippen LogP contribution in [0.4, 0.5) is 0 Å². The highest BCUT2D eigenvalue weighted by molar-refractivity contribution is 5.78. The average Bonchev–Trinajstić information content (AvgIpc) is 2.60. The number of amides is 1. The van der Waals surface area contributed by atoms with Gasteiger partial charge in [-0.25, -0.2) is 0 Å². The van der Waals surface area contributed by atoms with Gasteiger partial charge in [-0.05, 0) is 12.0 Å². The Balaban J connectivity index is 1.65. The predicted molar refractivity (Wildman–Crippen MR) is 90.9 cm³/mol. The lowest BCUT2D eigenvalue weighted by Gasteiger charge is -2.35. The van der Waals surface area contributed by atoms with Crippen molar-refractivity contribution in [2.75, 3.05) is 52.9 Å². The summed E-state index contributed by atoms with van der Waals surface area (Å²) in [7, 11) is 1.77. The number of hydrogen-bond donors (Lipinski definition) is 0. The van der Waals surface area contributed by atoms with Crippen molar-refractivity contribution in [2.45, 2.75) is 12.8 Å². The molecule has 0 aliphatic carbocycles. The van der Waals surface area contributed by atoms with Crippen molar-refractivity contribution >= 4 is 5.91 Å². The number of piperazine rings is 1. The smallest absolute Gasteiger partial charge is 0.236 e. The molecular formula is C18H26N4O. The minimum atomic E-state index is 0.109. The molecule has 1 amide bonds. The van der Waals surface area contributed by atoms with E-state index in [2.05, 4.69) is 40.1 Å². The van der Waals surface area contributed by atoms with E-state index >= 15 is 0 Å². The maximum atomic E-state index is 12.1. The zero-order valence-corrected chi connectivity index (χ0v) is 13.9. The van der Waals surface area contributed by atoms with E-state index < -0.39 is 0 Å². The zero-order valence-electron chi connectivity index (χ0n) is 13.9. The standard InChI is InChI=1S/C18H26N4O/c1-20(10-5-9-19)18(23)16-22-14-12-21(13-15-22)11-8-17-6-3-2-4-7-17/h2-4,6-7H,5,8,10-16H2,1H3. The Morgan fingerprint density at radius 3 is 2.48 bits per heavy atom. The predicted octanol–water partition coefficient (Wildman–Crippen LogP) is 1.22. The topological polar surface area (TPSA) is 50.6 Å². The molecule has 1 fully saturated rings. The van der Waals surface area contributed by atoms with E-state index in [1.165, 1.54) is 5.56 Å². The molecule has 0 unspecified atom stereocenters. The van der Waals surface area contributed by atoms with E-state index in [1.54, 1.807) is 11.9 Å². The van der Waals surface area contributed by atoms with Gasteiger partial charge in [0.25, 0.3) is 0 Å². The Morgan fingerprint density at radius 2 is 1.83 bits per heavy atom. The number of nitrogens with zero attached hydrogens (tertiary/aromatic N) is 4. The van der Waals surface area contributed by atoms with Crippen molar-refractivity contribution in [3.63, 3.8) is 0 Å². The highest BCUT2D eigenvalue weighted by atomic mass is 16.2. The summed E-state index contributed by atoms with van der Waals surface area (Å²) in [4.78, 5) is 18.4. The molecule has 124 valence electrons. The molecule has 5 nitrogen and oxygen atoms in total. The SMILES string of the molecule is CN(CCC#N)C(=O)CN1CCN(CCc2ccccc2)CC1. The number of likely N-dealkylation sites (N-methyl/N-ethyl adjacent to an activating group) is 1. The first-order valence-electron chi connectivity index (χ1n) is 8.28. The van der Waals surface area contributed by atoms with Crippen LogP contribution in [0.15, 0.2) is 30.3 Å². The number of rotatable bonds is 7. The van der Waals surface area contributed by atoms with Crippen molar-refractivity contribution in [2.24, 2.45) is 0 Å². The fraction of sp³-hybridized carbons (Fsp3) is 0.556. The van der Waals surface area contributed by atoms with Gasteiger partial charge in [0.05, 0.1) is 19.0 Å². The minimum Gasteiger partial charge on any atom is -0.344 e. The Bertz CT molecular complexity index is 518. The molecule has 23 heavy (non-hydrogen) atoms. The van der Waals surface area contributed by atoms with Crippen molar-refractivity contribution in [3.8, 4) is 6.07 Å². The molecule has 1 heterocycles. The van der Waals surface area contributed by atoms with Gasteiger partial charge >= 0.3 is 0 Å². The van der Waals surface area contributed by atoms with Crippen LogP contribution < -0.4 is 0 Å². The molecule has 2 rings (SSSR count). The third-order valence-electron chi connectivity index (χ3n) is 4.37. The molecule has 0 aromatic heterocycles. The van der Waals surface area contributed by atoms with E-state index in [0.717, 1.165) is 39.1 Å². The molecule has 5 heteroatoms. The molecule has 0 N–H and O–H groups in total. The van der Waals surface area contributed by atoms with Crippen molar-refractivity contribution < 1.29 is 4.79 Å². The third kappa shape index (κ3) is 6.01. The molecule has 1 saturated heterocycles. The fourth-order valence-electron chi connectivity index (χ4n) is 2.76. The van der Waals surface area contributed by atoms with Gasteiger partial charge < -0.3 is 9.80 Å². The van der Waals surface area contributed by atoms with E-state index in [1.807, 2.05) is 6.07 Å². The monoisotopic (exact) mass is 314 g/mol. The van der Waals surface area contributed by atoms with Crippen LogP contribution in [0.3, 0.4) is 0 Å². The second-order valence-electron chi connectivity index (χ2n) is 6.08. The number of carbonyl (C=O) groups is 1. The first-order chi connectivity index (χ1) is 11.2. The van der Waals surface area contributed by atoms with E-state index in [0.29, 0.717) is 19.5 Å². The molecule has 0 saturated carbocycles. The summed E-state index contributed by atoms with van der Waals surface area (Å²) in [5, 5.41) is 8.58. The maximum absolute atomic E-state index is 12.1. The van der Waals surface area contributed by atoms with Crippen LogP contribution >= 0.6 is 0 Å². The van der Waals surface area contributed by atoms with Gasteiger partial charge in [0.15, 0.2) is 0 Å². The first kappa shape index (κ1) is 17.5. The summed E-state index contributed by atoms with van der Waals surface area (Å²) in [6.45, 7) is 5.97. The lowest BCUT2D eigenvalue weighted by molar-refractivity contribution is -0.131.